The van der Waals surface area contributed by atoms with Crippen LogP contribution < -0.4 is 0 Å². The fraction of sp³-hybridized carbons (Fsp3) is 0.500. The molecule has 3 nitrogen and oxygen atoms in total. The first kappa shape index (κ1) is 12.1. The third kappa shape index (κ3) is 2.20. The monoisotopic (exact) mass is 233 g/mol. The van der Waals surface area contributed by atoms with Gasteiger partial charge in [-0.15, -0.1) is 0 Å². The van der Waals surface area contributed by atoms with Crippen LogP contribution in [0.15, 0.2) is 18.2 Å². The zero-order valence-corrected chi connectivity index (χ0v) is 10.9. The SMILES string of the molecule is Cc1ccc(C(=O)N2COCC2(C)C)cc1C. The van der Waals surface area contributed by atoms with E-state index in [9.17, 15) is 4.79 Å². The first-order valence-corrected chi connectivity index (χ1v) is 5.89. The quantitative estimate of drug-likeness (QED) is 0.746. The second-order valence-corrected chi connectivity index (χ2v) is 5.32. The predicted octanol–water partition coefficient (Wildman–Crippen LogP) is 2.51. The smallest absolute Gasteiger partial charge is 0.256 e. The van der Waals surface area contributed by atoms with Crippen LogP contribution in [0, 0.1) is 13.8 Å². The molecular weight excluding hydrogens is 214 g/mol. The van der Waals surface area contributed by atoms with Gasteiger partial charge in [-0.05, 0) is 51.0 Å². The Morgan fingerprint density at radius 1 is 1.29 bits per heavy atom. The second kappa shape index (κ2) is 4.15. The van der Waals surface area contributed by atoms with Crippen LogP contribution in [0.25, 0.3) is 0 Å². The Kier molecular flexibility index (Phi) is 2.96. The van der Waals surface area contributed by atoms with Gasteiger partial charge in [0.25, 0.3) is 5.91 Å². The fourth-order valence-corrected chi connectivity index (χ4v) is 2.00. The maximum Gasteiger partial charge on any atom is 0.256 e. The Bertz CT molecular complexity index is 452. The molecule has 1 aromatic carbocycles. The number of benzene rings is 1. The lowest BCUT2D eigenvalue weighted by Crippen LogP contribution is -2.44. The van der Waals surface area contributed by atoms with Gasteiger partial charge >= 0.3 is 0 Å². The van der Waals surface area contributed by atoms with Gasteiger partial charge in [-0.25, -0.2) is 0 Å². The summed E-state index contributed by atoms with van der Waals surface area (Å²) < 4.78 is 5.37. The average Bonchev–Trinajstić information content (AvgIpc) is 2.61. The lowest BCUT2D eigenvalue weighted by Gasteiger charge is -2.29. The van der Waals surface area contributed by atoms with E-state index in [0.29, 0.717) is 13.3 Å². The lowest BCUT2D eigenvalue weighted by molar-refractivity contribution is 0.0605. The van der Waals surface area contributed by atoms with E-state index in [0.717, 1.165) is 11.1 Å². The third-order valence-electron chi connectivity index (χ3n) is 3.41. The van der Waals surface area contributed by atoms with Crippen molar-refractivity contribution in [3.05, 3.63) is 34.9 Å². The number of nitrogens with zero attached hydrogens (tertiary/aromatic N) is 1. The largest absolute Gasteiger partial charge is 0.359 e. The zero-order valence-electron chi connectivity index (χ0n) is 10.9. The summed E-state index contributed by atoms with van der Waals surface area (Å²) in [7, 11) is 0. The van der Waals surface area contributed by atoms with Crippen LogP contribution in [-0.4, -0.2) is 29.7 Å². The molecule has 0 bridgehead atoms. The summed E-state index contributed by atoms with van der Waals surface area (Å²) in [6.07, 6.45) is 0. The van der Waals surface area contributed by atoms with Crippen molar-refractivity contribution in [3.63, 3.8) is 0 Å². The Balaban J connectivity index is 2.28. The second-order valence-electron chi connectivity index (χ2n) is 5.32. The molecule has 92 valence electrons. The maximum atomic E-state index is 12.4. The van der Waals surface area contributed by atoms with Crippen LogP contribution in [0.5, 0.6) is 0 Å². The predicted molar refractivity (Wildman–Crippen MR) is 67.0 cm³/mol. The van der Waals surface area contributed by atoms with E-state index in [4.69, 9.17) is 4.74 Å². The summed E-state index contributed by atoms with van der Waals surface area (Å²) in [5, 5.41) is 0. The number of carbonyl (C=O) groups is 1. The minimum Gasteiger partial charge on any atom is -0.359 e. The van der Waals surface area contributed by atoms with E-state index in [-0.39, 0.29) is 11.4 Å². The Hall–Kier alpha value is -1.35. The normalized spacial score (nSPS) is 18.5. The van der Waals surface area contributed by atoms with Crippen molar-refractivity contribution in [1.29, 1.82) is 0 Å². The minimum absolute atomic E-state index is 0.0515. The van der Waals surface area contributed by atoms with Crippen LogP contribution in [0.3, 0.4) is 0 Å². The minimum atomic E-state index is -0.212. The molecule has 1 heterocycles. The van der Waals surface area contributed by atoms with Gasteiger partial charge in [0.15, 0.2) is 0 Å². The average molecular weight is 233 g/mol. The van der Waals surface area contributed by atoms with Crippen LogP contribution in [0.4, 0.5) is 0 Å². The molecule has 0 aliphatic carbocycles. The molecule has 3 heteroatoms. The van der Waals surface area contributed by atoms with E-state index in [2.05, 4.69) is 0 Å². The van der Waals surface area contributed by atoms with E-state index in [1.54, 1.807) is 4.90 Å². The molecule has 0 radical (unpaired) electrons. The van der Waals surface area contributed by atoms with Gasteiger partial charge < -0.3 is 9.64 Å². The molecule has 0 aromatic heterocycles. The number of carbonyl (C=O) groups excluding carboxylic acids is 1. The van der Waals surface area contributed by atoms with Crippen molar-refractivity contribution in [2.75, 3.05) is 13.3 Å². The van der Waals surface area contributed by atoms with Gasteiger partial charge in [0.05, 0.1) is 12.1 Å². The number of hydrogen-bond acceptors (Lipinski definition) is 2. The molecule has 0 saturated carbocycles. The van der Waals surface area contributed by atoms with Gasteiger partial charge in [-0.3, -0.25) is 4.79 Å². The standard InChI is InChI=1S/C14H19NO2/c1-10-5-6-12(7-11(10)2)13(16)15-9-17-8-14(15,3)4/h5-7H,8-9H2,1-4H3. The van der Waals surface area contributed by atoms with Gasteiger partial charge in [0, 0.05) is 5.56 Å². The highest BCUT2D eigenvalue weighted by molar-refractivity contribution is 5.95. The highest BCUT2D eigenvalue weighted by atomic mass is 16.5. The van der Waals surface area contributed by atoms with Crippen molar-refractivity contribution in [2.24, 2.45) is 0 Å². The summed E-state index contributed by atoms with van der Waals surface area (Å²) in [6.45, 7) is 9.12. The highest BCUT2D eigenvalue weighted by Gasteiger charge is 2.36. The molecule has 1 saturated heterocycles. The summed E-state index contributed by atoms with van der Waals surface area (Å²) in [4.78, 5) is 14.2. The number of ether oxygens (including phenoxy) is 1. The summed E-state index contributed by atoms with van der Waals surface area (Å²) in [5.74, 6) is 0.0515. The van der Waals surface area contributed by atoms with E-state index >= 15 is 0 Å². The molecule has 1 aliphatic heterocycles. The molecule has 1 amide bonds. The van der Waals surface area contributed by atoms with Crippen molar-refractivity contribution in [2.45, 2.75) is 33.2 Å². The van der Waals surface area contributed by atoms with Gasteiger partial charge in [-0.2, -0.15) is 0 Å². The molecule has 1 aromatic rings. The molecule has 0 unspecified atom stereocenters. The maximum absolute atomic E-state index is 12.4. The molecule has 0 atom stereocenters. The van der Waals surface area contributed by atoms with Crippen molar-refractivity contribution >= 4 is 5.91 Å². The topological polar surface area (TPSA) is 29.5 Å². The molecule has 0 N–H and O–H groups in total. The van der Waals surface area contributed by atoms with E-state index in [1.807, 2.05) is 45.9 Å². The Morgan fingerprint density at radius 3 is 2.53 bits per heavy atom. The van der Waals surface area contributed by atoms with Crippen molar-refractivity contribution in [1.82, 2.24) is 4.90 Å². The van der Waals surface area contributed by atoms with E-state index < -0.39 is 0 Å². The Labute approximate surface area is 102 Å². The number of amides is 1. The lowest BCUT2D eigenvalue weighted by atomic mass is 10.0. The van der Waals surface area contributed by atoms with Crippen LogP contribution >= 0.6 is 0 Å². The first-order valence-electron chi connectivity index (χ1n) is 5.89. The van der Waals surface area contributed by atoms with Gasteiger partial charge in [0.2, 0.25) is 0 Å². The van der Waals surface area contributed by atoms with Crippen LogP contribution in [0.2, 0.25) is 0 Å². The molecule has 2 rings (SSSR count). The fourth-order valence-electron chi connectivity index (χ4n) is 2.00. The third-order valence-corrected chi connectivity index (χ3v) is 3.41. The molecule has 0 spiro atoms. The zero-order chi connectivity index (χ0) is 12.6. The van der Waals surface area contributed by atoms with Crippen LogP contribution in [0.1, 0.15) is 35.3 Å². The van der Waals surface area contributed by atoms with Crippen molar-refractivity contribution < 1.29 is 9.53 Å². The molecule has 17 heavy (non-hydrogen) atoms. The van der Waals surface area contributed by atoms with Gasteiger partial charge in [0.1, 0.15) is 6.73 Å². The van der Waals surface area contributed by atoms with Gasteiger partial charge in [-0.1, -0.05) is 6.07 Å². The van der Waals surface area contributed by atoms with Crippen LogP contribution in [-0.2, 0) is 4.74 Å². The Morgan fingerprint density at radius 2 is 2.00 bits per heavy atom. The number of hydrogen-bond donors (Lipinski definition) is 0. The molecule has 1 aliphatic rings. The van der Waals surface area contributed by atoms with E-state index in [1.165, 1.54) is 5.56 Å². The molecule has 1 fully saturated rings. The van der Waals surface area contributed by atoms with Crippen molar-refractivity contribution in [3.8, 4) is 0 Å². The number of aryl methyl sites for hydroxylation is 2. The molecular formula is C14H19NO2. The highest BCUT2D eigenvalue weighted by Crippen LogP contribution is 2.24. The summed E-state index contributed by atoms with van der Waals surface area (Å²) in [6, 6.07) is 5.83. The number of rotatable bonds is 1. The first-order chi connectivity index (χ1) is 7.92. The summed E-state index contributed by atoms with van der Waals surface area (Å²) in [5.41, 5.74) is 2.88. The summed E-state index contributed by atoms with van der Waals surface area (Å²) >= 11 is 0.